The summed E-state index contributed by atoms with van der Waals surface area (Å²) >= 11 is 0. The number of methoxy groups -OCH3 is 1. The smallest absolute Gasteiger partial charge is 0.407 e. The highest BCUT2D eigenvalue weighted by molar-refractivity contribution is 5.86. The maximum atomic E-state index is 12.0. The van der Waals surface area contributed by atoms with Gasteiger partial charge in [-0.3, -0.25) is 4.79 Å². The molecule has 2 aromatic rings. The van der Waals surface area contributed by atoms with Crippen LogP contribution >= 0.6 is 0 Å². The van der Waals surface area contributed by atoms with Crippen LogP contribution in [-0.4, -0.2) is 42.8 Å². The molecule has 2 aromatic carbocycles. The monoisotopic (exact) mass is 386 g/mol. The fraction of sp³-hybridized carbons (Fsp3) is 0.250. The number of amides is 2. The molecule has 0 aliphatic carbocycles. The first-order valence-corrected chi connectivity index (χ1v) is 8.57. The molecule has 0 spiro atoms. The van der Waals surface area contributed by atoms with Gasteiger partial charge in [-0.1, -0.05) is 42.5 Å². The Hall–Kier alpha value is -3.55. The van der Waals surface area contributed by atoms with Crippen molar-refractivity contribution in [3.63, 3.8) is 0 Å². The van der Waals surface area contributed by atoms with Crippen LogP contribution in [0.25, 0.3) is 0 Å². The predicted octanol–water partition coefficient (Wildman–Crippen LogP) is 1.73. The number of ether oxygens (including phenoxy) is 2. The van der Waals surface area contributed by atoms with Crippen molar-refractivity contribution < 1.29 is 29.0 Å². The van der Waals surface area contributed by atoms with Crippen LogP contribution in [0.3, 0.4) is 0 Å². The van der Waals surface area contributed by atoms with Gasteiger partial charge in [-0.2, -0.15) is 0 Å². The van der Waals surface area contributed by atoms with Crippen LogP contribution in [-0.2, 0) is 27.4 Å². The summed E-state index contributed by atoms with van der Waals surface area (Å²) in [5.74, 6) is -1.15. The largest absolute Gasteiger partial charge is 0.497 e. The molecule has 0 bridgehead atoms. The van der Waals surface area contributed by atoms with E-state index in [1.165, 1.54) is 7.11 Å². The van der Waals surface area contributed by atoms with Gasteiger partial charge in [0.05, 0.1) is 7.11 Å². The van der Waals surface area contributed by atoms with Crippen LogP contribution in [0.4, 0.5) is 4.79 Å². The quantitative estimate of drug-likeness (QED) is 0.605. The normalized spacial score (nSPS) is 11.2. The Morgan fingerprint density at radius 2 is 1.68 bits per heavy atom. The molecule has 0 saturated carbocycles. The minimum Gasteiger partial charge on any atom is -0.497 e. The first-order chi connectivity index (χ1) is 13.5. The van der Waals surface area contributed by atoms with E-state index < -0.39 is 24.0 Å². The highest BCUT2D eigenvalue weighted by Crippen LogP contribution is 2.12. The summed E-state index contributed by atoms with van der Waals surface area (Å²) in [4.78, 5) is 35.0. The van der Waals surface area contributed by atoms with Gasteiger partial charge in [-0.25, -0.2) is 9.59 Å². The van der Waals surface area contributed by atoms with Gasteiger partial charge in [0.15, 0.2) is 0 Å². The standard InChI is InChI=1S/C20H22N2O6/c1-27-16-9-7-14(8-10-16)11-17(19(24)25)22-18(23)12-21-20(26)28-13-15-5-3-2-4-6-15/h2-10,17H,11-13H2,1H3,(H,21,26)(H,22,23)(H,24,25)/t17-/m0/s1. The molecule has 148 valence electrons. The van der Waals surface area contributed by atoms with Crippen LogP contribution in [0.5, 0.6) is 5.75 Å². The van der Waals surface area contributed by atoms with Gasteiger partial charge in [0, 0.05) is 6.42 Å². The highest BCUT2D eigenvalue weighted by atomic mass is 16.5. The van der Waals surface area contributed by atoms with Gasteiger partial charge in [0.25, 0.3) is 0 Å². The summed E-state index contributed by atoms with van der Waals surface area (Å²) in [5, 5.41) is 14.0. The van der Waals surface area contributed by atoms with E-state index in [-0.39, 0.29) is 19.6 Å². The van der Waals surface area contributed by atoms with E-state index in [2.05, 4.69) is 10.6 Å². The molecule has 3 N–H and O–H groups in total. The number of hydrogen-bond donors (Lipinski definition) is 3. The lowest BCUT2D eigenvalue weighted by Gasteiger charge is -2.15. The fourth-order valence-electron chi connectivity index (χ4n) is 2.37. The van der Waals surface area contributed by atoms with Crippen molar-refractivity contribution in [2.75, 3.05) is 13.7 Å². The minimum absolute atomic E-state index is 0.0729. The molecule has 2 rings (SSSR count). The molecule has 0 saturated heterocycles. The Balaban J connectivity index is 1.78. The number of carbonyl (C=O) groups is 3. The number of nitrogens with one attached hydrogen (secondary N) is 2. The first kappa shape index (κ1) is 20.8. The highest BCUT2D eigenvalue weighted by Gasteiger charge is 2.20. The Labute approximate surface area is 162 Å². The number of rotatable bonds is 9. The number of carbonyl (C=O) groups excluding carboxylic acids is 2. The Bertz CT molecular complexity index is 792. The lowest BCUT2D eigenvalue weighted by atomic mass is 10.1. The van der Waals surface area contributed by atoms with E-state index in [1.54, 1.807) is 36.4 Å². The summed E-state index contributed by atoms with van der Waals surface area (Å²) < 4.78 is 10.0. The van der Waals surface area contributed by atoms with E-state index in [0.717, 1.165) is 11.1 Å². The van der Waals surface area contributed by atoms with Crippen molar-refractivity contribution in [1.82, 2.24) is 10.6 Å². The van der Waals surface area contributed by atoms with Gasteiger partial charge in [-0.15, -0.1) is 0 Å². The third-order valence-electron chi connectivity index (χ3n) is 3.84. The van der Waals surface area contributed by atoms with Crippen molar-refractivity contribution in [1.29, 1.82) is 0 Å². The molecule has 0 aliphatic rings. The van der Waals surface area contributed by atoms with E-state index >= 15 is 0 Å². The summed E-state index contributed by atoms with van der Waals surface area (Å²) in [5.41, 5.74) is 1.54. The zero-order valence-corrected chi connectivity index (χ0v) is 15.4. The van der Waals surface area contributed by atoms with Crippen molar-refractivity contribution in [2.45, 2.75) is 19.1 Å². The number of carboxylic acids is 1. The second kappa shape index (κ2) is 10.6. The molecule has 0 fully saturated rings. The number of hydrogen-bond acceptors (Lipinski definition) is 5. The molecule has 0 heterocycles. The topological polar surface area (TPSA) is 114 Å². The maximum Gasteiger partial charge on any atom is 0.407 e. The lowest BCUT2D eigenvalue weighted by Crippen LogP contribution is -2.46. The minimum atomic E-state index is -1.17. The molecule has 0 radical (unpaired) electrons. The van der Waals surface area contributed by atoms with Gasteiger partial charge in [0.1, 0.15) is 24.9 Å². The molecule has 0 unspecified atom stereocenters. The molecule has 28 heavy (non-hydrogen) atoms. The third kappa shape index (κ3) is 6.99. The predicted molar refractivity (Wildman–Crippen MR) is 101 cm³/mol. The van der Waals surface area contributed by atoms with Crippen molar-refractivity contribution in [3.05, 3.63) is 65.7 Å². The maximum absolute atomic E-state index is 12.0. The molecule has 1 atom stereocenters. The van der Waals surface area contributed by atoms with Crippen LogP contribution < -0.4 is 15.4 Å². The molecule has 0 aliphatic heterocycles. The fourth-order valence-corrected chi connectivity index (χ4v) is 2.37. The number of alkyl carbamates (subject to hydrolysis) is 1. The zero-order chi connectivity index (χ0) is 20.4. The van der Waals surface area contributed by atoms with Gasteiger partial charge in [0.2, 0.25) is 5.91 Å². The van der Waals surface area contributed by atoms with E-state index in [4.69, 9.17) is 9.47 Å². The van der Waals surface area contributed by atoms with E-state index in [1.807, 2.05) is 18.2 Å². The van der Waals surface area contributed by atoms with E-state index in [9.17, 15) is 19.5 Å². The Morgan fingerprint density at radius 1 is 1.00 bits per heavy atom. The van der Waals surface area contributed by atoms with Crippen LogP contribution in [0, 0.1) is 0 Å². The van der Waals surface area contributed by atoms with Gasteiger partial charge in [-0.05, 0) is 23.3 Å². The van der Waals surface area contributed by atoms with E-state index in [0.29, 0.717) is 5.75 Å². The molecular weight excluding hydrogens is 364 g/mol. The summed E-state index contributed by atoms with van der Waals surface area (Å²) in [6.45, 7) is -0.316. The van der Waals surface area contributed by atoms with Crippen molar-refractivity contribution in [3.8, 4) is 5.75 Å². The molecule has 0 aromatic heterocycles. The molecule has 8 heteroatoms. The molecule has 2 amide bonds. The van der Waals surface area contributed by atoms with Crippen LogP contribution in [0.1, 0.15) is 11.1 Å². The number of aliphatic carboxylic acids is 1. The summed E-state index contributed by atoms with van der Waals surface area (Å²) in [7, 11) is 1.53. The Morgan fingerprint density at radius 3 is 2.29 bits per heavy atom. The second-order valence-electron chi connectivity index (χ2n) is 5.93. The lowest BCUT2D eigenvalue weighted by molar-refractivity contribution is -0.141. The molecular formula is C20H22N2O6. The van der Waals surface area contributed by atoms with Crippen LogP contribution in [0.15, 0.2) is 54.6 Å². The molecule has 8 nitrogen and oxygen atoms in total. The SMILES string of the molecule is COc1ccc(C[C@H](NC(=O)CNC(=O)OCc2ccccc2)C(=O)O)cc1. The van der Waals surface area contributed by atoms with Crippen LogP contribution in [0.2, 0.25) is 0 Å². The summed E-state index contributed by atoms with van der Waals surface area (Å²) in [6.07, 6.45) is -0.662. The second-order valence-corrected chi connectivity index (χ2v) is 5.93. The van der Waals surface area contributed by atoms with Gasteiger partial charge < -0.3 is 25.2 Å². The number of carboxylic acid groups (broad SMARTS) is 1. The average Bonchev–Trinajstić information content (AvgIpc) is 2.71. The van der Waals surface area contributed by atoms with Crippen molar-refractivity contribution >= 4 is 18.0 Å². The summed E-state index contributed by atoms with van der Waals surface area (Å²) in [6, 6.07) is 14.8. The third-order valence-corrected chi connectivity index (χ3v) is 3.84. The van der Waals surface area contributed by atoms with Gasteiger partial charge >= 0.3 is 12.1 Å². The first-order valence-electron chi connectivity index (χ1n) is 8.57. The average molecular weight is 386 g/mol. The number of benzene rings is 2. The zero-order valence-electron chi connectivity index (χ0n) is 15.4. The van der Waals surface area contributed by atoms with Crippen molar-refractivity contribution in [2.24, 2.45) is 0 Å². The Kier molecular flexibility index (Phi) is 7.83.